The quantitative estimate of drug-likeness (QED) is 0.652. The van der Waals surface area contributed by atoms with Crippen molar-refractivity contribution in [1.82, 2.24) is 9.97 Å². The number of nitrogen functional groups attached to an aromatic ring is 1. The minimum absolute atomic E-state index is 0.523. The average molecular weight is 302 g/mol. The third-order valence-electron chi connectivity index (χ3n) is 4.94. The molecule has 0 radical (unpaired) electrons. The van der Waals surface area contributed by atoms with Crippen molar-refractivity contribution in [1.29, 1.82) is 0 Å². The second-order valence-corrected chi connectivity index (χ2v) is 7.38. The lowest BCUT2D eigenvalue weighted by Gasteiger charge is -2.20. The topological polar surface area (TPSA) is 63.8 Å². The van der Waals surface area contributed by atoms with Crippen LogP contribution in [0.25, 0.3) is 10.2 Å². The van der Waals surface area contributed by atoms with Crippen molar-refractivity contribution in [3.63, 3.8) is 0 Å². The molecule has 0 amide bonds. The van der Waals surface area contributed by atoms with Gasteiger partial charge in [-0.2, -0.15) is 0 Å². The summed E-state index contributed by atoms with van der Waals surface area (Å²) in [5.74, 6) is 8.15. The Balaban J connectivity index is 1.83. The fourth-order valence-corrected chi connectivity index (χ4v) is 5.09. The number of rotatable bonds is 2. The highest BCUT2D eigenvalue weighted by Gasteiger charge is 2.24. The number of nitrogens with two attached hydrogens (primary N) is 1. The summed E-state index contributed by atoms with van der Waals surface area (Å²) >= 11 is 1.86. The Kier molecular flexibility index (Phi) is 3.55. The molecule has 0 aliphatic heterocycles. The van der Waals surface area contributed by atoms with Crippen molar-refractivity contribution >= 4 is 27.4 Å². The van der Waals surface area contributed by atoms with Gasteiger partial charge in [-0.15, -0.1) is 11.3 Å². The van der Waals surface area contributed by atoms with Gasteiger partial charge in [0, 0.05) is 10.8 Å². The van der Waals surface area contributed by atoms with Crippen LogP contribution in [-0.4, -0.2) is 9.97 Å². The molecule has 0 saturated heterocycles. The maximum atomic E-state index is 5.77. The van der Waals surface area contributed by atoms with Crippen LogP contribution >= 0.6 is 11.3 Å². The second-order valence-electron chi connectivity index (χ2n) is 6.30. The minimum Gasteiger partial charge on any atom is -0.308 e. The van der Waals surface area contributed by atoms with Crippen LogP contribution in [0.3, 0.4) is 0 Å². The van der Waals surface area contributed by atoms with Gasteiger partial charge in [0.05, 0.1) is 5.39 Å². The highest BCUT2D eigenvalue weighted by atomic mass is 32.1. The number of hydrogen-bond acceptors (Lipinski definition) is 5. The van der Waals surface area contributed by atoms with Crippen molar-refractivity contribution < 1.29 is 0 Å². The van der Waals surface area contributed by atoms with Crippen LogP contribution in [0.4, 0.5) is 5.82 Å². The van der Waals surface area contributed by atoms with Crippen LogP contribution in [-0.2, 0) is 12.8 Å². The van der Waals surface area contributed by atoms with Crippen molar-refractivity contribution in [3.05, 3.63) is 16.3 Å². The molecule has 0 atom stereocenters. The molecule has 0 unspecified atom stereocenters. The molecule has 2 aromatic heterocycles. The molecule has 21 heavy (non-hydrogen) atoms. The smallest absolute Gasteiger partial charge is 0.152 e. The number of thiophene rings is 1. The number of hydrazine groups is 1. The summed E-state index contributed by atoms with van der Waals surface area (Å²) in [6, 6.07) is 0. The largest absolute Gasteiger partial charge is 0.308 e. The lowest BCUT2D eigenvalue weighted by molar-refractivity contribution is 0.430. The van der Waals surface area contributed by atoms with E-state index in [0.717, 1.165) is 22.9 Å². The zero-order chi connectivity index (χ0) is 14.2. The Morgan fingerprint density at radius 3 is 2.62 bits per heavy atom. The van der Waals surface area contributed by atoms with Gasteiger partial charge in [-0.25, -0.2) is 15.8 Å². The van der Waals surface area contributed by atoms with Crippen LogP contribution in [0.15, 0.2) is 0 Å². The number of fused-ring (bicyclic) bond motifs is 3. The van der Waals surface area contributed by atoms with E-state index in [9.17, 15) is 0 Å². The van der Waals surface area contributed by atoms with Gasteiger partial charge in [0.1, 0.15) is 10.7 Å². The first kappa shape index (κ1) is 13.5. The van der Waals surface area contributed by atoms with Crippen molar-refractivity contribution in [3.8, 4) is 0 Å². The SMILES string of the molecule is NNc1nc(C2CCCCC2)nc2sc3c(c12)CCCC3. The van der Waals surface area contributed by atoms with Gasteiger partial charge in [-0.1, -0.05) is 19.3 Å². The monoisotopic (exact) mass is 302 g/mol. The Morgan fingerprint density at radius 2 is 1.81 bits per heavy atom. The van der Waals surface area contributed by atoms with Crippen molar-refractivity contribution in [2.75, 3.05) is 5.43 Å². The normalized spacial score (nSPS) is 19.7. The highest BCUT2D eigenvalue weighted by Crippen LogP contribution is 2.40. The first-order valence-corrected chi connectivity index (χ1v) is 8.97. The number of aryl methyl sites for hydroxylation is 2. The summed E-state index contributed by atoms with van der Waals surface area (Å²) < 4.78 is 0. The van der Waals surface area contributed by atoms with Crippen LogP contribution in [0.2, 0.25) is 0 Å². The van der Waals surface area contributed by atoms with Crippen LogP contribution < -0.4 is 11.3 Å². The Bertz CT molecular complexity index is 658. The predicted molar refractivity (Wildman–Crippen MR) is 87.7 cm³/mol. The molecule has 2 aliphatic carbocycles. The molecule has 0 aromatic carbocycles. The van der Waals surface area contributed by atoms with E-state index >= 15 is 0 Å². The molecule has 1 fully saturated rings. The zero-order valence-corrected chi connectivity index (χ0v) is 13.1. The molecular formula is C16H22N4S. The standard InChI is InChI=1S/C16H22N4S/c17-20-15-13-11-8-4-5-9-12(11)21-16(13)19-14(18-15)10-6-2-1-3-7-10/h10H,1-9,17H2,(H,18,19,20). The third kappa shape index (κ3) is 2.32. The number of aromatic nitrogens is 2. The Morgan fingerprint density at radius 1 is 1.00 bits per heavy atom. The molecule has 4 nitrogen and oxygen atoms in total. The summed E-state index contributed by atoms with van der Waals surface area (Å²) in [5.41, 5.74) is 4.29. The van der Waals surface area contributed by atoms with Gasteiger partial charge in [0.2, 0.25) is 0 Å². The van der Waals surface area contributed by atoms with Gasteiger partial charge in [0.25, 0.3) is 0 Å². The maximum absolute atomic E-state index is 5.77. The summed E-state index contributed by atoms with van der Waals surface area (Å²) in [7, 11) is 0. The number of nitrogens with zero attached hydrogens (tertiary/aromatic N) is 2. The fourth-order valence-electron chi connectivity index (χ4n) is 3.82. The lowest BCUT2D eigenvalue weighted by atomic mass is 9.88. The molecule has 2 heterocycles. The van der Waals surface area contributed by atoms with Gasteiger partial charge in [0.15, 0.2) is 5.82 Å². The van der Waals surface area contributed by atoms with Gasteiger partial charge >= 0.3 is 0 Å². The van der Waals surface area contributed by atoms with Gasteiger partial charge in [-0.3, -0.25) is 0 Å². The Hall–Kier alpha value is -1.20. The first-order chi connectivity index (χ1) is 10.4. The van der Waals surface area contributed by atoms with E-state index in [4.69, 9.17) is 15.8 Å². The molecule has 2 aromatic rings. The van der Waals surface area contributed by atoms with E-state index in [0.29, 0.717) is 5.92 Å². The molecule has 5 heteroatoms. The van der Waals surface area contributed by atoms with Crippen LogP contribution in [0.5, 0.6) is 0 Å². The van der Waals surface area contributed by atoms with E-state index in [1.807, 2.05) is 11.3 Å². The van der Waals surface area contributed by atoms with Crippen LogP contribution in [0, 0.1) is 0 Å². The number of hydrogen-bond donors (Lipinski definition) is 2. The van der Waals surface area contributed by atoms with E-state index in [-0.39, 0.29) is 0 Å². The van der Waals surface area contributed by atoms with Gasteiger partial charge in [-0.05, 0) is 44.1 Å². The predicted octanol–water partition coefficient (Wildman–Crippen LogP) is 3.90. The average Bonchev–Trinajstić information content (AvgIpc) is 2.93. The van der Waals surface area contributed by atoms with Crippen LogP contribution in [0.1, 0.15) is 67.1 Å². The fraction of sp³-hybridized carbons (Fsp3) is 0.625. The van der Waals surface area contributed by atoms with Crippen molar-refractivity contribution in [2.45, 2.75) is 63.7 Å². The van der Waals surface area contributed by atoms with Crippen molar-refractivity contribution in [2.24, 2.45) is 5.84 Å². The summed E-state index contributed by atoms with van der Waals surface area (Å²) in [5, 5.41) is 1.19. The summed E-state index contributed by atoms with van der Waals surface area (Å²) in [6.07, 6.45) is 11.3. The van der Waals surface area contributed by atoms with E-state index in [2.05, 4.69) is 5.43 Å². The van der Waals surface area contributed by atoms with E-state index < -0.39 is 0 Å². The molecule has 3 N–H and O–H groups in total. The molecule has 0 bridgehead atoms. The lowest BCUT2D eigenvalue weighted by Crippen LogP contribution is -2.14. The highest BCUT2D eigenvalue weighted by molar-refractivity contribution is 7.19. The first-order valence-electron chi connectivity index (χ1n) is 8.15. The summed E-state index contributed by atoms with van der Waals surface area (Å²) in [4.78, 5) is 12.4. The maximum Gasteiger partial charge on any atom is 0.152 e. The number of nitrogens with one attached hydrogen (secondary N) is 1. The molecule has 4 rings (SSSR count). The molecular weight excluding hydrogens is 280 g/mol. The number of anilines is 1. The second kappa shape index (κ2) is 5.54. The molecule has 0 spiro atoms. The Labute approximate surface area is 129 Å². The zero-order valence-electron chi connectivity index (χ0n) is 12.3. The molecule has 2 aliphatic rings. The summed E-state index contributed by atoms with van der Waals surface area (Å²) in [6.45, 7) is 0. The third-order valence-corrected chi connectivity index (χ3v) is 6.12. The van der Waals surface area contributed by atoms with Gasteiger partial charge < -0.3 is 5.43 Å². The van der Waals surface area contributed by atoms with E-state index in [1.54, 1.807) is 0 Å². The molecule has 112 valence electrons. The molecule has 1 saturated carbocycles. The van der Waals surface area contributed by atoms with E-state index in [1.165, 1.54) is 67.2 Å². The minimum atomic E-state index is 0.523.